The maximum absolute atomic E-state index is 12.7. The average molecular weight is 276 g/mol. The third-order valence-electron chi connectivity index (χ3n) is 6.62. The lowest BCUT2D eigenvalue weighted by atomic mass is 9.42. The van der Waals surface area contributed by atoms with Crippen LogP contribution in [0.15, 0.2) is 10.8 Å². The lowest BCUT2D eigenvalue weighted by Crippen LogP contribution is -2.57. The Morgan fingerprint density at radius 2 is 1.63 bits per heavy atom. The molecule has 0 bridgehead atoms. The van der Waals surface area contributed by atoms with Crippen molar-refractivity contribution in [1.29, 1.82) is 0 Å². The molecule has 0 heterocycles. The Hall–Kier alpha value is -0.373. The van der Waals surface area contributed by atoms with Crippen molar-refractivity contribution in [3.63, 3.8) is 0 Å². The average Bonchev–Trinajstić information content (AvgIpc) is 2.25. The molecule has 1 spiro atoms. The van der Waals surface area contributed by atoms with E-state index in [1.807, 2.05) is 0 Å². The van der Waals surface area contributed by atoms with Crippen LogP contribution in [0.5, 0.6) is 0 Å². The third-order valence-corrected chi connectivity index (χ3v) is 8.86. The molecule has 2 fully saturated rings. The molecule has 0 N–H and O–H groups in total. The van der Waals surface area contributed by atoms with Crippen LogP contribution in [0, 0.1) is 16.2 Å². The molecule has 0 amide bonds. The molecule has 0 radical (unpaired) electrons. The fraction of sp³-hybridized carbons (Fsp3) is 0.824. The molecule has 0 aromatic rings. The molecule has 0 saturated heterocycles. The van der Waals surface area contributed by atoms with Gasteiger partial charge in [0, 0.05) is 11.8 Å². The highest BCUT2D eigenvalue weighted by Crippen LogP contribution is 2.76. The minimum atomic E-state index is -1.32. The zero-order valence-electron chi connectivity index (χ0n) is 13.4. The molecule has 0 aliphatic heterocycles. The van der Waals surface area contributed by atoms with Gasteiger partial charge >= 0.3 is 0 Å². The molecule has 0 aromatic carbocycles. The van der Waals surface area contributed by atoms with Gasteiger partial charge in [0.1, 0.15) is 0 Å². The topological polar surface area (TPSA) is 17.1 Å². The highest BCUT2D eigenvalue weighted by atomic mass is 28.3. The van der Waals surface area contributed by atoms with Crippen LogP contribution in [0.4, 0.5) is 0 Å². The second-order valence-electron chi connectivity index (χ2n) is 9.08. The third kappa shape index (κ3) is 1.39. The van der Waals surface area contributed by atoms with Crippen molar-refractivity contribution in [2.24, 2.45) is 16.2 Å². The van der Waals surface area contributed by atoms with E-state index in [-0.39, 0.29) is 10.8 Å². The van der Waals surface area contributed by atoms with Crippen molar-refractivity contribution < 1.29 is 4.79 Å². The molecule has 0 aromatic heterocycles. The Kier molecular flexibility index (Phi) is 2.46. The fourth-order valence-electron chi connectivity index (χ4n) is 5.58. The molecule has 3 rings (SSSR count). The first-order valence-electron chi connectivity index (χ1n) is 7.83. The molecule has 2 heteroatoms. The van der Waals surface area contributed by atoms with Crippen LogP contribution in [-0.2, 0) is 4.79 Å². The Balaban J connectivity index is 2.21. The first kappa shape index (κ1) is 13.6. The number of carbonyl (C=O) groups is 1. The summed E-state index contributed by atoms with van der Waals surface area (Å²) in [6.45, 7) is 14.5. The van der Waals surface area contributed by atoms with Crippen molar-refractivity contribution in [3.05, 3.63) is 10.8 Å². The quantitative estimate of drug-likeness (QED) is 0.632. The minimum Gasteiger partial charge on any atom is -0.295 e. The lowest BCUT2D eigenvalue weighted by Gasteiger charge is -2.64. The van der Waals surface area contributed by atoms with Crippen LogP contribution in [0.2, 0.25) is 19.6 Å². The van der Waals surface area contributed by atoms with Crippen LogP contribution in [0.3, 0.4) is 0 Å². The van der Waals surface area contributed by atoms with E-state index in [1.54, 1.807) is 5.20 Å². The van der Waals surface area contributed by atoms with E-state index in [0.29, 0.717) is 11.2 Å². The standard InChI is InChI=1S/C17H28OSi/c1-15(2)8-7-9-16(3)10-12(18)14-13(19(4,5)6)11-17(14,15)16/h7-11H2,1-6H3/t16-,17-/m0/s1. The van der Waals surface area contributed by atoms with Gasteiger partial charge in [-0.15, -0.1) is 0 Å². The van der Waals surface area contributed by atoms with Crippen LogP contribution in [-0.4, -0.2) is 13.9 Å². The Bertz CT molecular complexity index is 494. The maximum atomic E-state index is 12.7. The summed E-state index contributed by atoms with van der Waals surface area (Å²) in [5.74, 6) is 0.501. The van der Waals surface area contributed by atoms with E-state index >= 15 is 0 Å². The summed E-state index contributed by atoms with van der Waals surface area (Å²) < 4.78 is 0. The number of rotatable bonds is 1. The summed E-state index contributed by atoms with van der Waals surface area (Å²) in [5.41, 5.74) is 2.11. The number of Topliss-reactive ketones (excluding diaryl/α,β-unsaturated/α-hetero) is 1. The van der Waals surface area contributed by atoms with E-state index in [4.69, 9.17) is 0 Å². The van der Waals surface area contributed by atoms with E-state index in [9.17, 15) is 4.79 Å². The molecule has 0 unspecified atom stereocenters. The second-order valence-corrected chi connectivity index (χ2v) is 14.2. The Morgan fingerprint density at radius 3 is 2.21 bits per heavy atom. The van der Waals surface area contributed by atoms with E-state index in [1.165, 1.54) is 31.3 Å². The van der Waals surface area contributed by atoms with Crippen LogP contribution in [0.25, 0.3) is 0 Å². The lowest BCUT2D eigenvalue weighted by molar-refractivity contribution is -0.115. The van der Waals surface area contributed by atoms with Gasteiger partial charge in [-0.1, -0.05) is 52.0 Å². The van der Waals surface area contributed by atoms with E-state index in [0.717, 1.165) is 6.42 Å². The number of ketones is 1. The molecule has 2 atom stereocenters. The van der Waals surface area contributed by atoms with Crippen molar-refractivity contribution in [1.82, 2.24) is 0 Å². The summed E-state index contributed by atoms with van der Waals surface area (Å²) in [6.07, 6.45) is 5.89. The highest BCUT2D eigenvalue weighted by molar-refractivity contribution is 6.84. The van der Waals surface area contributed by atoms with Crippen molar-refractivity contribution in [2.45, 2.75) is 72.5 Å². The Morgan fingerprint density at radius 1 is 1.00 bits per heavy atom. The smallest absolute Gasteiger partial charge is 0.159 e. The number of hydrogen-bond donors (Lipinski definition) is 0. The number of carbonyl (C=O) groups excluding carboxylic acids is 1. The zero-order valence-corrected chi connectivity index (χ0v) is 14.4. The molecule has 106 valence electrons. The van der Waals surface area contributed by atoms with Crippen molar-refractivity contribution in [2.75, 3.05) is 0 Å². The maximum Gasteiger partial charge on any atom is 0.159 e. The van der Waals surface area contributed by atoms with Gasteiger partial charge in [-0.05, 0) is 35.7 Å². The highest BCUT2D eigenvalue weighted by Gasteiger charge is 2.71. The van der Waals surface area contributed by atoms with E-state index < -0.39 is 8.07 Å². The molecule has 3 aliphatic rings. The summed E-state index contributed by atoms with van der Waals surface area (Å²) >= 11 is 0. The first-order valence-corrected chi connectivity index (χ1v) is 11.3. The number of hydrogen-bond acceptors (Lipinski definition) is 1. The van der Waals surface area contributed by atoms with Gasteiger partial charge in [-0.3, -0.25) is 4.79 Å². The summed E-state index contributed by atoms with van der Waals surface area (Å²) in [6, 6.07) is 0. The summed E-state index contributed by atoms with van der Waals surface area (Å²) in [7, 11) is -1.32. The summed E-state index contributed by atoms with van der Waals surface area (Å²) in [5, 5.41) is 1.59. The van der Waals surface area contributed by atoms with Gasteiger partial charge in [0.15, 0.2) is 5.78 Å². The predicted molar refractivity (Wildman–Crippen MR) is 82.8 cm³/mol. The zero-order chi connectivity index (χ0) is 14.3. The molecule has 3 aliphatic carbocycles. The summed E-state index contributed by atoms with van der Waals surface area (Å²) in [4.78, 5) is 12.7. The SMILES string of the molecule is CC1(C)CCC[C@@]2(C)CC(=O)C3=C([Si](C)(C)C)C[C@]312. The molecule has 19 heavy (non-hydrogen) atoms. The predicted octanol–water partition coefficient (Wildman–Crippen LogP) is 4.74. The normalized spacial score (nSPS) is 40.8. The van der Waals surface area contributed by atoms with E-state index in [2.05, 4.69) is 40.4 Å². The fourth-order valence-corrected chi connectivity index (χ4v) is 7.48. The second kappa shape index (κ2) is 3.44. The van der Waals surface area contributed by atoms with Gasteiger partial charge in [0.05, 0.1) is 8.07 Å². The van der Waals surface area contributed by atoms with Crippen LogP contribution >= 0.6 is 0 Å². The minimum absolute atomic E-state index is 0.227. The molecule has 1 nitrogen and oxygen atoms in total. The van der Waals surface area contributed by atoms with Gasteiger partial charge in [-0.25, -0.2) is 0 Å². The molecular weight excluding hydrogens is 248 g/mol. The number of allylic oxidation sites excluding steroid dienone is 2. The van der Waals surface area contributed by atoms with Crippen molar-refractivity contribution in [3.8, 4) is 0 Å². The molecule has 2 saturated carbocycles. The van der Waals surface area contributed by atoms with Gasteiger partial charge < -0.3 is 0 Å². The van der Waals surface area contributed by atoms with Gasteiger partial charge in [-0.2, -0.15) is 0 Å². The first-order chi connectivity index (χ1) is 8.55. The monoisotopic (exact) mass is 276 g/mol. The van der Waals surface area contributed by atoms with Crippen LogP contribution in [0.1, 0.15) is 52.9 Å². The van der Waals surface area contributed by atoms with Gasteiger partial charge in [0.2, 0.25) is 0 Å². The van der Waals surface area contributed by atoms with Crippen molar-refractivity contribution >= 4 is 13.9 Å². The molecular formula is C17H28OSi. The van der Waals surface area contributed by atoms with Gasteiger partial charge in [0.25, 0.3) is 0 Å². The Labute approximate surface area is 118 Å². The van der Waals surface area contributed by atoms with Crippen LogP contribution < -0.4 is 0 Å². The largest absolute Gasteiger partial charge is 0.295 e.